The third-order valence-corrected chi connectivity index (χ3v) is 4.50. The molecule has 1 aliphatic rings. The standard InChI is InChI=1S/C19H20N4O2/c1-11(2)13-9-8-12(3)16(10-13)20-23-19(25)17-14-6-4-5-7-15(14)18(24)22-21-17/h4-8,13H,1,9-10H2,2-3H3,(H,22,24)(H,23,25)/t13-/m0/s1. The van der Waals surface area contributed by atoms with Gasteiger partial charge < -0.3 is 0 Å². The van der Waals surface area contributed by atoms with Gasteiger partial charge in [-0.15, -0.1) is 0 Å². The molecule has 0 unspecified atom stereocenters. The van der Waals surface area contributed by atoms with Gasteiger partial charge in [0.2, 0.25) is 0 Å². The summed E-state index contributed by atoms with van der Waals surface area (Å²) in [5, 5.41) is 11.4. The van der Waals surface area contributed by atoms with Crippen molar-refractivity contribution in [2.75, 3.05) is 0 Å². The molecule has 2 aromatic rings. The van der Waals surface area contributed by atoms with Crippen molar-refractivity contribution in [2.45, 2.75) is 26.7 Å². The minimum atomic E-state index is -0.454. The number of carbonyl (C=O) groups excluding carboxylic acids is 1. The third-order valence-electron chi connectivity index (χ3n) is 4.50. The Labute approximate surface area is 145 Å². The van der Waals surface area contributed by atoms with Gasteiger partial charge in [0.1, 0.15) is 0 Å². The number of hydrazone groups is 1. The zero-order chi connectivity index (χ0) is 18.0. The summed E-state index contributed by atoms with van der Waals surface area (Å²) in [7, 11) is 0. The van der Waals surface area contributed by atoms with Crippen molar-refractivity contribution < 1.29 is 4.79 Å². The monoisotopic (exact) mass is 336 g/mol. The number of nitrogens with one attached hydrogen (secondary N) is 2. The van der Waals surface area contributed by atoms with Crippen LogP contribution in [-0.2, 0) is 0 Å². The van der Waals surface area contributed by atoms with E-state index in [1.165, 1.54) is 0 Å². The first-order chi connectivity index (χ1) is 12.0. The molecule has 1 aromatic heterocycles. The van der Waals surface area contributed by atoms with E-state index in [0.29, 0.717) is 16.7 Å². The van der Waals surface area contributed by atoms with E-state index < -0.39 is 5.91 Å². The van der Waals surface area contributed by atoms with Crippen LogP contribution in [0.1, 0.15) is 37.2 Å². The molecule has 0 fully saturated rings. The molecule has 1 aliphatic carbocycles. The fourth-order valence-electron chi connectivity index (χ4n) is 2.88. The lowest BCUT2D eigenvalue weighted by Crippen LogP contribution is -2.25. The Bertz CT molecular complexity index is 969. The molecular weight excluding hydrogens is 316 g/mol. The van der Waals surface area contributed by atoms with Crippen molar-refractivity contribution >= 4 is 22.4 Å². The van der Waals surface area contributed by atoms with E-state index in [1.807, 2.05) is 13.8 Å². The van der Waals surface area contributed by atoms with Crippen LogP contribution in [0, 0.1) is 5.92 Å². The topological polar surface area (TPSA) is 87.2 Å². The molecule has 6 heteroatoms. The van der Waals surface area contributed by atoms with Crippen LogP contribution in [0.4, 0.5) is 0 Å². The summed E-state index contributed by atoms with van der Waals surface area (Å²) < 4.78 is 0. The van der Waals surface area contributed by atoms with Gasteiger partial charge in [0, 0.05) is 5.39 Å². The number of fused-ring (bicyclic) bond motifs is 1. The minimum absolute atomic E-state index is 0.147. The zero-order valence-corrected chi connectivity index (χ0v) is 14.3. The van der Waals surface area contributed by atoms with Gasteiger partial charge in [-0.25, -0.2) is 10.5 Å². The van der Waals surface area contributed by atoms with Gasteiger partial charge in [-0.05, 0) is 44.2 Å². The second-order valence-electron chi connectivity index (χ2n) is 6.32. The van der Waals surface area contributed by atoms with E-state index in [1.54, 1.807) is 24.3 Å². The molecule has 25 heavy (non-hydrogen) atoms. The largest absolute Gasteiger partial charge is 0.292 e. The van der Waals surface area contributed by atoms with Crippen molar-refractivity contribution in [1.29, 1.82) is 0 Å². The number of H-pyrrole nitrogens is 1. The average molecular weight is 336 g/mol. The van der Waals surface area contributed by atoms with Crippen molar-refractivity contribution in [1.82, 2.24) is 15.6 Å². The Morgan fingerprint density at radius 3 is 2.80 bits per heavy atom. The lowest BCUT2D eigenvalue weighted by molar-refractivity contribution is 0.0950. The third kappa shape index (κ3) is 3.42. The first-order valence-corrected chi connectivity index (χ1v) is 8.14. The summed E-state index contributed by atoms with van der Waals surface area (Å²) >= 11 is 0. The maximum atomic E-state index is 12.5. The van der Waals surface area contributed by atoms with E-state index in [9.17, 15) is 9.59 Å². The van der Waals surface area contributed by atoms with E-state index in [2.05, 4.69) is 33.4 Å². The molecule has 1 heterocycles. The second kappa shape index (κ2) is 6.84. The van der Waals surface area contributed by atoms with E-state index in [-0.39, 0.29) is 11.3 Å². The molecule has 3 rings (SSSR count). The van der Waals surface area contributed by atoms with Gasteiger partial charge in [-0.1, -0.05) is 36.4 Å². The van der Waals surface area contributed by atoms with Crippen LogP contribution in [0.3, 0.4) is 0 Å². The molecule has 0 spiro atoms. The Morgan fingerprint density at radius 2 is 2.08 bits per heavy atom. The normalized spacial score (nSPS) is 18.9. The van der Waals surface area contributed by atoms with Gasteiger partial charge in [-0.3, -0.25) is 9.59 Å². The molecule has 0 saturated heterocycles. The van der Waals surface area contributed by atoms with Crippen molar-refractivity contribution in [3.8, 4) is 0 Å². The molecule has 1 atom stereocenters. The highest BCUT2D eigenvalue weighted by molar-refractivity contribution is 6.06. The molecular formula is C19H20N4O2. The summed E-state index contributed by atoms with van der Waals surface area (Å²) in [6, 6.07) is 6.86. The van der Waals surface area contributed by atoms with Crippen molar-refractivity contribution in [3.63, 3.8) is 0 Å². The van der Waals surface area contributed by atoms with Crippen LogP contribution in [0.15, 0.2) is 58.0 Å². The second-order valence-corrected chi connectivity index (χ2v) is 6.32. The molecule has 0 radical (unpaired) electrons. The number of hydrogen-bond donors (Lipinski definition) is 2. The SMILES string of the molecule is C=C(C)[C@H]1CC=C(C)C(=NNC(=O)c2n[nH]c(=O)c3ccccc23)C1. The molecule has 0 bridgehead atoms. The molecule has 6 nitrogen and oxygen atoms in total. The van der Waals surface area contributed by atoms with Crippen LogP contribution in [-0.4, -0.2) is 21.8 Å². The highest BCUT2D eigenvalue weighted by atomic mass is 16.2. The van der Waals surface area contributed by atoms with Crippen molar-refractivity contribution in [2.24, 2.45) is 11.0 Å². The van der Waals surface area contributed by atoms with Crippen LogP contribution in [0.25, 0.3) is 10.8 Å². The number of amides is 1. The quantitative estimate of drug-likeness (QED) is 0.667. The first kappa shape index (κ1) is 16.8. The number of carbonyl (C=O) groups is 1. The van der Waals surface area contributed by atoms with Crippen LogP contribution in [0.5, 0.6) is 0 Å². The Kier molecular flexibility index (Phi) is 4.61. The van der Waals surface area contributed by atoms with Crippen LogP contribution >= 0.6 is 0 Å². The maximum absolute atomic E-state index is 12.5. The number of hydrogen-bond acceptors (Lipinski definition) is 4. The van der Waals surface area contributed by atoms with Gasteiger partial charge in [0.25, 0.3) is 11.5 Å². The number of aromatic amines is 1. The average Bonchev–Trinajstić information content (AvgIpc) is 2.61. The molecule has 1 aromatic carbocycles. The number of rotatable bonds is 3. The Balaban J connectivity index is 1.87. The molecule has 0 aliphatic heterocycles. The molecule has 2 N–H and O–H groups in total. The summed E-state index contributed by atoms with van der Waals surface area (Å²) in [4.78, 5) is 24.3. The lowest BCUT2D eigenvalue weighted by atomic mass is 9.85. The van der Waals surface area contributed by atoms with Gasteiger partial charge in [-0.2, -0.15) is 10.2 Å². The summed E-state index contributed by atoms with van der Waals surface area (Å²) in [6.45, 7) is 7.99. The fraction of sp³-hybridized carbons (Fsp3) is 0.263. The predicted octanol–water partition coefficient (Wildman–Crippen LogP) is 2.94. The van der Waals surface area contributed by atoms with Gasteiger partial charge in [0.05, 0.1) is 11.1 Å². The first-order valence-electron chi connectivity index (χ1n) is 8.14. The number of allylic oxidation sites excluding steroid dienone is 3. The summed E-state index contributed by atoms with van der Waals surface area (Å²) in [5.74, 6) is -0.114. The summed E-state index contributed by atoms with van der Waals surface area (Å²) in [6.07, 6.45) is 3.81. The Hall–Kier alpha value is -3.02. The maximum Gasteiger partial charge on any atom is 0.292 e. The number of benzene rings is 1. The summed E-state index contributed by atoms with van der Waals surface area (Å²) in [5.41, 5.74) is 5.38. The predicted molar refractivity (Wildman–Crippen MR) is 98.6 cm³/mol. The smallest absolute Gasteiger partial charge is 0.267 e. The van der Waals surface area contributed by atoms with Crippen LogP contribution < -0.4 is 11.0 Å². The van der Waals surface area contributed by atoms with E-state index in [4.69, 9.17) is 0 Å². The molecule has 128 valence electrons. The Morgan fingerprint density at radius 1 is 1.36 bits per heavy atom. The number of aromatic nitrogens is 2. The minimum Gasteiger partial charge on any atom is -0.267 e. The highest BCUT2D eigenvalue weighted by Crippen LogP contribution is 2.26. The lowest BCUT2D eigenvalue weighted by Gasteiger charge is -2.22. The van der Waals surface area contributed by atoms with Gasteiger partial charge in [0.15, 0.2) is 5.69 Å². The molecule has 0 saturated carbocycles. The number of nitrogens with zero attached hydrogens (tertiary/aromatic N) is 2. The van der Waals surface area contributed by atoms with E-state index in [0.717, 1.165) is 29.7 Å². The highest BCUT2D eigenvalue weighted by Gasteiger charge is 2.19. The van der Waals surface area contributed by atoms with Gasteiger partial charge >= 0.3 is 0 Å². The van der Waals surface area contributed by atoms with Crippen molar-refractivity contribution in [3.05, 3.63) is 64.1 Å². The fourth-order valence-corrected chi connectivity index (χ4v) is 2.88. The zero-order valence-electron chi connectivity index (χ0n) is 14.3. The van der Waals surface area contributed by atoms with E-state index >= 15 is 0 Å². The van der Waals surface area contributed by atoms with Crippen LogP contribution in [0.2, 0.25) is 0 Å². The molecule has 1 amide bonds.